The number of aromatic hydroxyl groups is 1. The lowest BCUT2D eigenvalue weighted by Gasteiger charge is -2.37. The standard InChI is InChI=1S/C13H17N3O2/c17-12-3-1-10(14-7-12)8-15-5-6-16-11(9-15)2-4-13(16)18/h1,3,7,11,17H,2,4-6,8-9H2. The van der Waals surface area contributed by atoms with E-state index in [2.05, 4.69) is 9.88 Å². The number of carbonyl (C=O) groups is 1. The molecule has 18 heavy (non-hydrogen) atoms. The maximum absolute atomic E-state index is 11.6. The smallest absolute Gasteiger partial charge is 0.222 e. The van der Waals surface area contributed by atoms with E-state index in [1.54, 1.807) is 6.07 Å². The van der Waals surface area contributed by atoms with Crippen LogP contribution in [0.4, 0.5) is 0 Å². The van der Waals surface area contributed by atoms with Crippen LogP contribution in [0.15, 0.2) is 18.3 Å². The van der Waals surface area contributed by atoms with Crippen LogP contribution in [0.2, 0.25) is 0 Å². The molecule has 2 fully saturated rings. The Morgan fingerprint density at radius 1 is 1.39 bits per heavy atom. The molecule has 0 spiro atoms. The number of aromatic nitrogens is 1. The third-order valence-corrected chi connectivity index (χ3v) is 3.77. The van der Waals surface area contributed by atoms with Gasteiger partial charge in [-0.15, -0.1) is 0 Å². The van der Waals surface area contributed by atoms with E-state index in [4.69, 9.17) is 0 Å². The molecule has 96 valence electrons. The third kappa shape index (κ3) is 2.18. The Hall–Kier alpha value is -1.62. The molecule has 5 heteroatoms. The predicted octanol–water partition coefficient (Wildman–Crippen LogP) is 0.594. The van der Waals surface area contributed by atoms with Gasteiger partial charge in [0.2, 0.25) is 5.91 Å². The lowest BCUT2D eigenvalue weighted by Crippen LogP contribution is -2.51. The quantitative estimate of drug-likeness (QED) is 0.831. The highest BCUT2D eigenvalue weighted by Gasteiger charge is 2.35. The maximum atomic E-state index is 11.6. The van der Waals surface area contributed by atoms with Crippen molar-refractivity contribution in [3.63, 3.8) is 0 Å². The number of amides is 1. The van der Waals surface area contributed by atoms with Gasteiger partial charge < -0.3 is 10.0 Å². The van der Waals surface area contributed by atoms with Gasteiger partial charge in [-0.3, -0.25) is 14.7 Å². The van der Waals surface area contributed by atoms with E-state index in [0.717, 1.165) is 38.3 Å². The second-order valence-corrected chi connectivity index (χ2v) is 5.02. The Morgan fingerprint density at radius 2 is 2.28 bits per heavy atom. The summed E-state index contributed by atoms with van der Waals surface area (Å²) >= 11 is 0. The van der Waals surface area contributed by atoms with E-state index in [1.807, 2.05) is 11.0 Å². The summed E-state index contributed by atoms with van der Waals surface area (Å²) in [6.07, 6.45) is 3.17. The predicted molar refractivity (Wildman–Crippen MR) is 65.9 cm³/mol. The van der Waals surface area contributed by atoms with Crippen LogP contribution in [-0.2, 0) is 11.3 Å². The fraction of sp³-hybridized carbons (Fsp3) is 0.538. The van der Waals surface area contributed by atoms with Crippen molar-refractivity contribution in [3.8, 4) is 5.75 Å². The number of piperazine rings is 1. The fourth-order valence-electron chi connectivity index (χ4n) is 2.81. The molecule has 3 rings (SSSR count). The number of hydrogen-bond acceptors (Lipinski definition) is 4. The number of carbonyl (C=O) groups excluding carboxylic acids is 1. The van der Waals surface area contributed by atoms with E-state index in [0.29, 0.717) is 18.4 Å². The van der Waals surface area contributed by atoms with Crippen LogP contribution >= 0.6 is 0 Å². The Bertz CT molecular complexity index is 446. The molecule has 0 aromatic carbocycles. The Labute approximate surface area is 106 Å². The molecule has 1 aromatic rings. The van der Waals surface area contributed by atoms with Gasteiger partial charge >= 0.3 is 0 Å². The van der Waals surface area contributed by atoms with Crippen molar-refractivity contribution < 1.29 is 9.90 Å². The van der Waals surface area contributed by atoms with Gasteiger partial charge in [0.15, 0.2) is 0 Å². The van der Waals surface area contributed by atoms with E-state index < -0.39 is 0 Å². The maximum Gasteiger partial charge on any atom is 0.222 e. The Kier molecular flexibility index (Phi) is 2.91. The average Bonchev–Trinajstić information content (AvgIpc) is 2.74. The molecular weight excluding hydrogens is 230 g/mol. The zero-order valence-corrected chi connectivity index (χ0v) is 10.2. The van der Waals surface area contributed by atoms with Crippen LogP contribution in [0.1, 0.15) is 18.5 Å². The summed E-state index contributed by atoms with van der Waals surface area (Å²) in [5.41, 5.74) is 0.963. The van der Waals surface area contributed by atoms with Crippen molar-refractivity contribution in [1.29, 1.82) is 0 Å². The van der Waals surface area contributed by atoms with Gasteiger partial charge in [-0.2, -0.15) is 0 Å². The summed E-state index contributed by atoms with van der Waals surface area (Å²) in [6, 6.07) is 3.91. The van der Waals surface area contributed by atoms with Gasteiger partial charge in [-0.25, -0.2) is 0 Å². The van der Waals surface area contributed by atoms with Gasteiger partial charge in [0.25, 0.3) is 0 Å². The highest BCUT2D eigenvalue weighted by atomic mass is 16.3. The molecule has 1 N–H and O–H groups in total. The number of nitrogens with zero attached hydrogens (tertiary/aromatic N) is 3. The Balaban J connectivity index is 1.62. The largest absolute Gasteiger partial charge is 0.506 e. The average molecular weight is 247 g/mol. The molecule has 2 saturated heterocycles. The van der Waals surface area contributed by atoms with E-state index >= 15 is 0 Å². The molecule has 0 radical (unpaired) electrons. The first-order valence-electron chi connectivity index (χ1n) is 6.38. The highest BCUT2D eigenvalue weighted by molar-refractivity contribution is 5.78. The number of hydrogen-bond donors (Lipinski definition) is 1. The van der Waals surface area contributed by atoms with Crippen LogP contribution in [0.5, 0.6) is 5.75 Å². The van der Waals surface area contributed by atoms with Gasteiger partial charge in [0.05, 0.1) is 11.9 Å². The first kappa shape index (κ1) is 11.5. The lowest BCUT2D eigenvalue weighted by molar-refractivity contribution is -0.130. The van der Waals surface area contributed by atoms with Crippen LogP contribution in [-0.4, -0.2) is 51.5 Å². The molecule has 2 aliphatic rings. The molecule has 1 atom stereocenters. The monoisotopic (exact) mass is 247 g/mol. The summed E-state index contributed by atoms with van der Waals surface area (Å²) < 4.78 is 0. The molecular formula is C13H17N3O2. The molecule has 1 unspecified atom stereocenters. The first-order valence-corrected chi connectivity index (χ1v) is 6.38. The van der Waals surface area contributed by atoms with Crippen molar-refractivity contribution >= 4 is 5.91 Å². The van der Waals surface area contributed by atoms with E-state index in [1.165, 1.54) is 6.20 Å². The van der Waals surface area contributed by atoms with Crippen LogP contribution in [0, 0.1) is 0 Å². The number of rotatable bonds is 2. The van der Waals surface area contributed by atoms with Gasteiger partial charge in [0.1, 0.15) is 5.75 Å². The van der Waals surface area contributed by atoms with Crippen molar-refractivity contribution in [3.05, 3.63) is 24.0 Å². The molecule has 0 bridgehead atoms. The summed E-state index contributed by atoms with van der Waals surface area (Å²) in [4.78, 5) is 20.1. The van der Waals surface area contributed by atoms with Crippen LogP contribution in [0.3, 0.4) is 0 Å². The van der Waals surface area contributed by atoms with Crippen LogP contribution < -0.4 is 0 Å². The minimum atomic E-state index is 0.199. The van der Waals surface area contributed by atoms with Crippen molar-refractivity contribution in [1.82, 2.24) is 14.8 Å². The minimum absolute atomic E-state index is 0.199. The first-order chi connectivity index (χ1) is 8.72. The van der Waals surface area contributed by atoms with E-state index in [9.17, 15) is 9.90 Å². The topological polar surface area (TPSA) is 56.7 Å². The molecule has 3 heterocycles. The minimum Gasteiger partial charge on any atom is -0.506 e. The van der Waals surface area contributed by atoms with Crippen molar-refractivity contribution in [2.24, 2.45) is 0 Å². The van der Waals surface area contributed by atoms with Crippen LogP contribution in [0.25, 0.3) is 0 Å². The van der Waals surface area contributed by atoms with Gasteiger partial charge in [0, 0.05) is 38.6 Å². The number of fused-ring (bicyclic) bond motifs is 1. The fourth-order valence-corrected chi connectivity index (χ4v) is 2.81. The molecule has 0 saturated carbocycles. The Morgan fingerprint density at radius 3 is 3.06 bits per heavy atom. The summed E-state index contributed by atoms with van der Waals surface area (Å²) in [5.74, 6) is 0.507. The van der Waals surface area contributed by atoms with Crippen molar-refractivity contribution in [2.45, 2.75) is 25.4 Å². The van der Waals surface area contributed by atoms with E-state index in [-0.39, 0.29) is 5.75 Å². The molecule has 1 aromatic heterocycles. The number of pyridine rings is 1. The second-order valence-electron chi connectivity index (χ2n) is 5.02. The second kappa shape index (κ2) is 4.57. The third-order valence-electron chi connectivity index (χ3n) is 3.77. The molecule has 2 aliphatic heterocycles. The SMILES string of the molecule is O=C1CCC2CN(Cc3ccc(O)cn3)CCN12. The molecule has 1 amide bonds. The van der Waals surface area contributed by atoms with Crippen molar-refractivity contribution in [2.75, 3.05) is 19.6 Å². The molecule has 0 aliphatic carbocycles. The summed E-state index contributed by atoms with van der Waals surface area (Å²) in [6.45, 7) is 3.47. The van der Waals surface area contributed by atoms with Gasteiger partial charge in [-0.05, 0) is 18.6 Å². The normalized spacial score (nSPS) is 24.3. The zero-order chi connectivity index (χ0) is 12.5. The lowest BCUT2D eigenvalue weighted by atomic mass is 10.1. The zero-order valence-electron chi connectivity index (χ0n) is 10.2. The molecule has 5 nitrogen and oxygen atoms in total. The highest BCUT2D eigenvalue weighted by Crippen LogP contribution is 2.23. The summed E-state index contributed by atoms with van der Waals surface area (Å²) in [7, 11) is 0. The summed E-state index contributed by atoms with van der Waals surface area (Å²) in [5, 5.41) is 9.19. The van der Waals surface area contributed by atoms with Gasteiger partial charge in [-0.1, -0.05) is 0 Å².